The second-order valence-corrected chi connectivity index (χ2v) is 11.5. The standard InChI is InChI=1S/C30H30FN5OS/c1-19-27(28(37)36(34(19)4)22-10-6-5-7-11-22)33-29-35(26(18-38-29)23-12-8-9-13-25(23)31)32-17-20-14-15-21-16-24(20)30(21,2)3/h5-14,17-18,21,24H,15-16H2,1-4H3. The molecule has 0 radical (unpaired) electrons. The van der Waals surface area contributed by atoms with Crippen LogP contribution in [0.4, 0.5) is 10.1 Å². The highest BCUT2D eigenvalue weighted by atomic mass is 32.1. The van der Waals surface area contributed by atoms with Crippen molar-refractivity contribution in [1.82, 2.24) is 14.0 Å². The zero-order chi connectivity index (χ0) is 26.6. The van der Waals surface area contributed by atoms with E-state index in [1.807, 2.05) is 62.0 Å². The van der Waals surface area contributed by atoms with Crippen LogP contribution in [0.25, 0.3) is 16.9 Å². The van der Waals surface area contributed by atoms with Gasteiger partial charge in [0.1, 0.15) is 5.82 Å². The van der Waals surface area contributed by atoms with Gasteiger partial charge in [0.15, 0.2) is 5.69 Å². The van der Waals surface area contributed by atoms with Crippen LogP contribution in [0.1, 0.15) is 32.4 Å². The predicted molar refractivity (Wildman–Crippen MR) is 151 cm³/mol. The van der Waals surface area contributed by atoms with Crippen molar-refractivity contribution in [3.63, 3.8) is 0 Å². The van der Waals surface area contributed by atoms with Crippen molar-refractivity contribution in [3.8, 4) is 16.9 Å². The van der Waals surface area contributed by atoms with E-state index >= 15 is 0 Å². The Hall–Kier alpha value is -3.78. The summed E-state index contributed by atoms with van der Waals surface area (Å²) in [4.78, 5) is 18.8. The van der Waals surface area contributed by atoms with Crippen molar-refractivity contribution >= 4 is 23.2 Å². The zero-order valence-electron chi connectivity index (χ0n) is 21.9. The Morgan fingerprint density at radius 1 is 1.11 bits per heavy atom. The lowest BCUT2D eigenvalue weighted by Gasteiger charge is -2.55. The molecular formula is C30H30FN5OS. The smallest absolute Gasteiger partial charge is 0.283 e. The monoisotopic (exact) mass is 527 g/mol. The van der Waals surface area contributed by atoms with E-state index in [-0.39, 0.29) is 16.8 Å². The van der Waals surface area contributed by atoms with Crippen LogP contribution in [0, 0.1) is 30.0 Å². The molecule has 6 nitrogen and oxygen atoms in total. The first-order valence-corrected chi connectivity index (χ1v) is 13.7. The van der Waals surface area contributed by atoms with Gasteiger partial charge in [0.05, 0.1) is 23.3 Å². The molecule has 0 aliphatic heterocycles. The number of benzene rings is 2. The van der Waals surface area contributed by atoms with Crippen molar-refractivity contribution in [3.05, 3.63) is 98.3 Å². The Morgan fingerprint density at radius 2 is 1.84 bits per heavy atom. The van der Waals surface area contributed by atoms with Gasteiger partial charge in [0.25, 0.3) is 5.56 Å². The lowest BCUT2D eigenvalue weighted by molar-refractivity contribution is -0.00126. The van der Waals surface area contributed by atoms with Crippen molar-refractivity contribution < 1.29 is 4.39 Å². The number of allylic oxidation sites excluding steroid dienone is 2. The molecule has 194 valence electrons. The molecule has 2 aromatic heterocycles. The van der Waals surface area contributed by atoms with Gasteiger partial charge in [-0.25, -0.2) is 18.7 Å². The molecule has 4 aromatic rings. The van der Waals surface area contributed by atoms with Crippen LogP contribution in [0.5, 0.6) is 0 Å². The van der Waals surface area contributed by atoms with E-state index < -0.39 is 0 Å². The summed E-state index contributed by atoms with van der Waals surface area (Å²) >= 11 is 1.34. The van der Waals surface area contributed by atoms with E-state index in [4.69, 9.17) is 10.1 Å². The Morgan fingerprint density at radius 3 is 2.55 bits per heavy atom. The number of nitrogens with zero attached hydrogens (tertiary/aromatic N) is 5. The van der Waals surface area contributed by atoms with Gasteiger partial charge in [-0.1, -0.05) is 50.3 Å². The van der Waals surface area contributed by atoms with Crippen LogP contribution in [0.15, 0.2) is 86.5 Å². The number of hydrogen-bond acceptors (Lipinski definition) is 4. The normalized spacial score (nSPS) is 20.6. The van der Waals surface area contributed by atoms with Crippen LogP contribution in [0.2, 0.25) is 0 Å². The van der Waals surface area contributed by atoms with Crippen molar-refractivity contribution in [1.29, 1.82) is 0 Å². The molecule has 1 fully saturated rings. The Kier molecular flexibility index (Phi) is 5.94. The zero-order valence-corrected chi connectivity index (χ0v) is 22.7. The quantitative estimate of drug-likeness (QED) is 0.285. The summed E-state index contributed by atoms with van der Waals surface area (Å²) < 4.78 is 19.9. The summed E-state index contributed by atoms with van der Waals surface area (Å²) in [5.74, 6) is 0.866. The molecule has 1 saturated carbocycles. The summed E-state index contributed by atoms with van der Waals surface area (Å²) in [5, 5.41) is 6.70. The first-order valence-electron chi connectivity index (χ1n) is 12.9. The fraction of sp³-hybridized carbons (Fsp3) is 0.300. The molecule has 0 N–H and O–H groups in total. The molecule has 3 aliphatic rings. The minimum atomic E-state index is -0.331. The molecular weight excluding hydrogens is 497 g/mol. The molecule has 2 bridgehead atoms. The van der Waals surface area contributed by atoms with Gasteiger partial charge in [0.2, 0.25) is 4.80 Å². The molecule has 0 amide bonds. The van der Waals surface area contributed by atoms with Gasteiger partial charge in [-0.2, -0.15) is 5.10 Å². The Bertz CT molecular complexity index is 1720. The minimum Gasteiger partial charge on any atom is -0.283 e. The predicted octanol–water partition coefficient (Wildman–Crippen LogP) is 6.21. The van der Waals surface area contributed by atoms with Gasteiger partial charge in [-0.15, -0.1) is 11.3 Å². The van der Waals surface area contributed by atoms with Crippen molar-refractivity contribution in [2.45, 2.75) is 33.6 Å². The van der Waals surface area contributed by atoms with Crippen LogP contribution < -0.4 is 10.4 Å². The molecule has 2 unspecified atom stereocenters. The summed E-state index contributed by atoms with van der Waals surface area (Å²) in [7, 11) is 1.84. The fourth-order valence-corrected chi connectivity index (χ4v) is 6.62. The van der Waals surface area contributed by atoms with E-state index in [9.17, 15) is 9.18 Å². The maximum absolute atomic E-state index is 14.9. The molecule has 38 heavy (non-hydrogen) atoms. The van der Waals surface area contributed by atoms with Crippen LogP contribution in [-0.2, 0) is 7.05 Å². The van der Waals surface area contributed by atoms with E-state index in [2.05, 4.69) is 19.9 Å². The summed E-state index contributed by atoms with van der Waals surface area (Å²) in [5.41, 5.74) is 4.13. The van der Waals surface area contributed by atoms with E-state index in [1.54, 1.807) is 26.2 Å². The largest absolute Gasteiger partial charge is 0.297 e. The van der Waals surface area contributed by atoms with Gasteiger partial charge in [-0.05, 0) is 66.9 Å². The van der Waals surface area contributed by atoms with Crippen LogP contribution >= 0.6 is 11.3 Å². The molecule has 7 rings (SSSR count). The molecule has 2 heterocycles. The second kappa shape index (κ2) is 9.20. The Balaban J connectivity index is 1.51. The summed E-state index contributed by atoms with van der Waals surface area (Å²) in [6, 6.07) is 16.2. The second-order valence-electron chi connectivity index (χ2n) is 10.7. The fourth-order valence-electron chi connectivity index (χ4n) is 5.79. The third-order valence-electron chi connectivity index (χ3n) is 8.40. The number of hydrogen-bond donors (Lipinski definition) is 0. The number of para-hydroxylation sites is 1. The molecule has 2 atom stereocenters. The van der Waals surface area contributed by atoms with Gasteiger partial charge >= 0.3 is 0 Å². The number of fused-ring (bicyclic) bond motifs is 1. The Labute approximate surface area is 224 Å². The van der Waals surface area contributed by atoms with Crippen molar-refractivity contribution in [2.75, 3.05) is 0 Å². The lowest BCUT2D eigenvalue weighted by atomic mass is 9.49. The number of rotatable bonds is 5. The van der Waals surface area contributed by atoms with Crippen LogP contribution in [-0.4, -0.2) is 20.3 Å². The topological polar surface area (TPSA) is 56.6 Å². The van der Waals surface area contributed by atoms with E-state index in [1.165, 1.54) is 29.4 Å². The van der Waals surface area contributed by atoms with Crippen LogP contribution in [0.3, 0.4) is 0 Å². The highest BCUT2D eigenvalue weighted by Gasteiger charge is 2.50. The van der Waals surface area contributed by atoms with Crippen molar-refractivity contribution in [2.24, 2.45) is 34.4 Å². The number of aromatic nitrogens is 3. The third kappa shape index (κ3) is 3.86. The van der Waals surface area contributed by atoms with Gasteiger partial charge < -0.3 is 0 Å². The maximum Gasteiger partial charge on any atom is 0.297 e. The average Bonchev–Trinajstić information content (AvgIpc) is 3.41. The van der Waals surface area contributed by atoms with Gasteiger partial charge in [0, 0.05) is 18.0 Å². The molecule has 0 saturated heterocycles. The maximum atomic E-state index is 14.9. The minimum absolute atomic E-state index is 0.218. The van der Waals surface area contributed by atoms with Gasteiger partial charge in [-0.3, -0.25) is 9.48 Å². The first-order chi connectivity index (χ1) is 18.3. The summed E-state index contributed by atoms with van der Waals surface area (Å²) in [6.45, 7) is 6.53. The molecule has 2 aromatic carbocycles. The molecule has 3 aliphatic carbocycles. The van der Waals surface area contributed by atoms with E-state index in [0.29, 0.717) is 27.7 Å². The van der Waals surface area contributed by atoms with E-state index in [0.717, 1.165) is 23.7 Å². The molecule has 8 heteroatoms. The number of thiazole rings is 1. The highest BCUT2D eigenvalue weighted by molar-refractivity contribution is 7.07. The lowest BCUT2D eigenvalue weighted by Crippen LogP contribution is -2.48. The summed E-state index contributed by atoms with van der Waals surface area (Å²) in [6.07, 6.45) is 6.41. The highest BCUT2D eigenvalue weighted by Crippen LogP contribution is 2.58. The first kappa shape index (κ1) is 24.6. The average molecular weight is 528 g/mol. The molecule has 0 spiro atoms. The number of halogens is 1. The SMILES string of the molecule is Cc1c(N=c2scc(-c3ccccc3F)n2N=CC2=CCC3CC2C3(C)C)c(=O)n(-c2ccccc2)n1C. The third-order valence-corrected chi connectivity index (χ3v) is 9.22.